The van der Waals surface area contributed by atoms with Crippen molar-refractivity contribution in [1.82, 2.24) is 19.5 Å². The molecule has 0 saturated carbocycles. The zero-order valence-electron chi connectivity index (χ0n) is 11.2. The molecule has 108 valence electrons. The van der Waals surface area contributed by atoms with Crippen molar-refractivity contribution in [3.05, 3.63) is 41.5 Å². The summed E-state index contributed by atoms with van der Waals surface area (Å²) in [6.07, 6.45) is 3.24. The summed E-state index contributed by atoms with van der Waals surface area (Å²) in [7, 11) is -2.23. The Morgan fingerprint density at radius 3 is 2.80 bits per heavy atom. The number of aromatic amines is 1. The van der Waals surface area contributed by atoms with E-state index >= 15 is 0 Å². The number of H-pyrrole nitrogens is 1. The van der Waals surface area contributed by atoms with E-state index in [1.165, 1.54) is 11.4 Å². The molecule has 2 heterocycles. The van der Waals surface area contributed by atoms with Gasteiger partial charge in [0.15, 0.2) is 0 Å². The van der Waals surface area contributed by atoms with Crippen molar-refractivity contribution in [3.63, 3.8) is 0 Å². The van der Waals surface area contributed by atoms with Crippen molar-refractivity contribution < 1.29 is 13.5 Å². The molecule has 2 rings (SSSR count). The van der Waals surface area contributed by atoms with Crippen molar-refractivity contribution in [2.24, 2.45) is 0 Å². The Bertz CT molecular complexity index is 682. The summed E-state index contributed by atoms with van der Waals surface area (Å²) in [6, 6.07) is 3.55. The number of hydrogen-bond acceptors (Lipinski definition) is 5. The second kappa shape index (κ2) is 5.70. The van der Waals surface area contributed by atoms with Gasteiger partial charge in [-0.2, -0.15) is 9.40 Å². The van der Waals surface area contributed by atoms with Gasteiger partial charge < -0.3 is 5.11 Å². The molecule has 7 nitrogen and oxygen atoms in total. The number of aryl methyl sites for hydroxylation is 1. The van der Waals surface area contributed by atoms with E-state index in [-0.39, 0.29) is 17.1 Å². The Hall–Kier alpha value is -1.77. The standard InChI is InChI=1S/C12H16N4O3S/c1-9-12(11(8-17)15-14-9)20(18,19)16(2)7-10-4-3-5-13-6-10/h3-6,17H,7-8H2,1-2H3,(H,14,15). The van der Waals surface area contributed by atoms with Crippen LogP contribution in [0.2, 0.25) is 0 Å². The second-order valence-electron chi connectivity index (χ2n) is 4.40. The smallest absolute Gasteiger partial charge is 0.246 e. The van der Waals surface area contributed by atoms with Crippen LogP contribution < -0.4 is 0 Å². The summed E-state index contributed by atoms with van der Waals surface area (Å²) in [5, 5.41) is 15.6. The van der Waals surface area contributed by atoms with Crippen LogP contribution in [-0.4, -0.2) is 40.1 Å². The molecule has 0 amide bonds. The SMILES string of the molecule is Cc1[nH]nc(CO)c1S(=O)(=O)N(C)Cc1cccnc1. The third-order valence-electron chi connectivity index (χ3n) is 2.91. The Labute approximate surface area is 117 Å². The third kappa shape index (κ3) is 2.72. The predicted molar refractivity (Wildman–Crippen MR) is 72.1 cm³/mol. The van der Waals surface area contributed by atoms with Crippen LogP contribution in [0.3, 0.4) is 0 Å². The van der Waals surface area contributed by atoms with Crippen molar-refractivity contribution in [2.45, 2.75) is 25.0 Å². The van der Waals surface area contributed by atoms with Gasteiger partial charge in [0.05, 0.1) is 12.3 Å². The number of hydrogen-bond donors (Lipinski definition) is 2. The summed E-state index contributed by atoms with van der Waals surface area (Å²) in [6.45, 7) is 1.38. The van der Waals surface area contributed by atoms with Crippen molar-refractivity contribution >= 4 is 10.0 Å². The maximum absolute atomic E-state index is 12.5. The molecule has 8 heteroatoms. The molecule has 0 aliphatic heterocycles. The number of nitrogens with one attached hydrogen (secondary N) is 1. The lowest BCUT2D eigenvalue weighted by atomic mass is 10.3. The minimum Gasteiger partial charge on any atom is -0.390 e. The van der Waals surface area contributed by atoms with Crippen molar-refractivity contribution in [2.75, 3.05) is 7.05 Å². The molecule has 0 aromatic carbocycles. The zero-order valence-corrected chi connectivity index (χ0v) is 12.1. The molecule has 2 aromatic heterocycles. The molecule has 0 bridgehead atoms. The molecule has 0 radical (unpaired) electrons. The molecular formula is C12H16N4O3S. The summed E-state index contributed by atoms with van der Waals surface area (Å²) in [5.74, 6) is 0. The predicted octanol–water partition coefficient (Wildman–Crippen LogP) is 0.426. The molecule has 2 N–H and O–H groups in total. The molecule has 0 atom stereocenters. The maximum atomic E-state index is 12.5. The normalized spacial score (nSPS) is 12.0. The Kier molecular flexibility index (Phi) is 4.17. The van der Waals surface area contributed by atoms with E-state index in [9.17, 15) is 13.5 Å². The molecule has 0 unspecified atom stereocenters. The minimum absolute atomic E-state index is 0.0337. The van der Waals surface area contributed by atoms with Gasteiger partial charge in [0.2, 0.25) is 10.0 Å². The van der Waals surface area contributed by atoms with Crippen LogP contribution in [0.15, 0.2) is 29.4 Å². The highest BCUT2D eigenvalue weighted by Gasteiger charge is 2.28. The van der Waals surface area contributed by atoms with Crippen LogP contribution in [0, 0.1) is 6.92 Å². The molecular weight excluding hydrogens is 280 g/mol. The van der Waals surface area contributed by atoms with Gasteiger partial charge >= 0.3 is 0 Å². The lowest BCUT2D eigenvalue weighted by Gasteiger charge is -2.17. The number of sulfonamides is 1. The topological polar surface area (TPSA) is 99.2 Å². The van der Waals surface area contributed by atoms with E-state index < -0.39 is 16.6 Å². The third-order valence-corrected chi connectivity index (χ3v) is 4.91. The fourth-order valence-electron chi connectivity index (χ4n) is 1.91. The summed E-state index contributed by atoms with van der Waals surface area (Å²) in [5.41, 5.74) is 1.32. The Morgan fingerprint density at radius 1 is 1.45 bits per heavy atom. The number of pyridine rings is 1. The zero-order chi connectivity index (χ0) is 14.8. The largest absolute Gasteiger partial charge is 0.390 e. The average molecular weight is 296 g/mol. The summed E-state index contributed by atoms with van der Waals surface area (Å²) in [4.78, 5) is 3.99. The molecule has 0 aliphatic rings. The lowest BCUT2D eigenvalue weighted by Crippen LogP contribution is -2.27. The van der Waals surface area contributed by atoms with Gasteiger partial charge in [-0.1, -0.05) is 6.07 Å². The van der Waals surface area contributed by atoms with Gasteiger partial charge in [0.25, 0.3) is 0 Å². The fourth-order valence-corrected chi connectivity index (χ4v) is 3.38. The number of nitrogens with zero attached hydrogens (tertiary/aromatic N) is 3. The van der Waals surface area contributed by atoms with Gasteiger partial charge in [-0.3, -0.25) is 10.1 Å². The molecule has 0 fully saturated rings. The number of aromatic nitrogens is 3. The van der Waals surface area contributed by atoms with Gasteiger partial charge in [0.1, 0.15) is 10.6 Å². The summed E-state index contributed by atoms with van der Waals surface area (Å²) < 4.78 is 26.3. The number of rotatable bonds is 5. The van der Waals surface area contributed by atoms with Crippen LogP contribution in [-0.2, 0) is 23.2 Å². The Morgan fingerprint density at radius 2 is 2.20 bits per heavy atom. The molecule has 20 heavy (non-hydrogen) atoms. The molecule has 2 aromatic rings. The van der Waals surface area contributed by atoms with Crippen molar-refractivity contribution in [1.29, 1.82) is 0 Å². The van der Waals surface area contributed by atoms with E-state index in [0.29, 0.717) is 5.69 Å². The summed E-state index contributed by atoms with van der Waals surface area (Å²) >= 11 is 0. The van der Waals surface area contributed by atoms with E-state index in [4.69, 9.17) is 0 Å². The average Bonchev–Trinajstić information content (AvgIpc) is 2.81. The minimum atomic E-state index is -3.72. The monoisotopic (exact) mass is 296 g/mol. The first kappa shape index (κ1) is 14.6. The van der Waals surface area contributed by atoms with Gasteiger partial charge in [-0.15, -0.1) is 0 Å². The molecule has 0 aliphatic carbocycles. The Balaban J connectivity index is 2.32. The quantitative estimate of drug-likeness (QED) is 0.833. The van der Waals surface area contributed by atoms with E-state index in [1.54, 1.807) is 31.5 Å². The fraction of sp³-hybridized carbons (Fsp3) is 0.333. The van der Waals surface area contributed by atoms with Gasteiger partial charge in [-0.05, 0) is 18.6 Å². The van der Waals surface area contributed by atoms with Crippen molar-refractivity contribution in [3.8, 4) is 0 Å². The first-order chi connectivity index (χ1) is 9.46. The van der Waals surface area contributed by atoms with Crippen LogP contribution in [0.1, 0.15) is 17.0 Å². The van der Waals surface area contributed by atoms with Crippen LogP contribution in [0.25, 0.3) is 0 Å². The van der Waals surface area contributed by atoms with E-state index in [2.05, 4.69) is 15.2 Å². The second-order valence-corrected chi connectivity index (χ2v) is 6.39. The highest BCUT2D eigenvalue weighted by atomic mass is 32.2. The number of aliphatic hydroxyl groups is 1. The van der Waals surface area contributed by atoms with Crippen LogP contribution >= 0.6 is 0 Å². The van der Waals surface area contributed by atoms with E-state index in [1.807, 2.05) is 0 Å². The van der Waals surface area contributed by atoms with E-state index in [0.717, 1.165) is 5.56 Å². The highest BCUT2D eigenvalue weighted by Crippen LogP contribution is 2.22. The maximum Gasteiger partial charge on any atom is 0.246 e. The molecule has 0 saturated heterocycles. The first-order valence-corrected chi connectivity index (χ1v) is 7.40. The lowest BCUT2D eigenvalue weighted by molar-refractivity contribution is 0.273. The van der Waals surface area contributed by atoms with Crippen LogP contribution in [0.5, 0.6) is 0 Å². The van der Waals surface area contributed by atoms with Gasteiger partial charge in [-0.25, -0.2) is 8.42 Å². The van der Waals surface area contributed by atoms with Gasteiger partial charge in [0, 0.05) is 26.0 Å². The molecule has 0 spiro atoms. The highest BCUT2D eigenvalue weighted by molar-refractivity contribution is 7.89. The first-order valence-electron chi connectivity index (χ1n) is 5.96. The number of aliphatic hydroxyl groups excluding tert-OH is 1. The van der Waals surface area contributed by atoms with Crippen LogP contribution in [0.4, 0.5) is 0 Å².